The van der Waals surface area contributed by atoms with Crippen LogP contribution in [0.2, 0.25) is 0 Å². The number of halogens is 3. The summed E-state index contributed by atoms with van der Waals surface area (Å²) in [7, 11) is 0. The Morgan fingerprint density at radius 1 is 1.00 bits per heavy atom. The maximum absolute atomic E-state index is 13.8. The number of aryl methyl sites for hydroxylation is 1. The maximum atomic E-state index is 13.8. The molecule has 0 radical (unpaired) electrons. The Morgan fingerprint density at radius 2 is 1.75 bits per heavy atom. The lowest BCUT2D eigenvalue weighted by molar-refractivity contribution is -0.137. The Kier molecular flexibility index (Phi) is 6.64. The Bertz CT molecular complexity index is 1290. The molecule has 0 amide bonds. The quantitative estimate of drug-likeness (QED) is 0.437. The highest BCUT2D eigenvalue weighted by Crippen LogP contribution is 2.37. The summed E-state index contributed by atoms with van der Waals surface area (Å²) in [6.07, 6.45) is 0.424. The third-order valence-electron chi connectivity index (χ3n) is 7.58. The van der Waals surface area contributed by atoms with Gasteiger partial charge in [0.25, 0.3) is 5.56 Å². The minimum atomic E-state index is -4.45. The van der Waals surface area contributed by atoms with Crippen molar-refractivity contribution >= 4 is 11.6 Å². The van der Waals surface area contributed by atoms with Crippen LogP contribution in [0.15, 0.2) is 59.4 Å². The second kappa shape index (κ2) is 9.73. The molecule has 5 rings (SSSR count). The van der Waals surface area contributed by atoms with Gasteiger partial charge in [-0.05, 0) is 49.4 Å². The van der Waals surface area contributed by atoms with E-state index in [1.54, 1.807) is 22.5 Å². The topological polar surface area (TPSA) is 41.4 Å². The smallest absolute Gasteiger partial charge is 0.298 e. The molecule has 0 N–H and O–H groups in total. The molecule has 190 valence electrons. The van der Waals surface area contributed by atoms with Gasteiger partial charge in [0.1, 0.15) is 0 Å². The van der Waals surface area contributed by atoms with Gasteiger partial charge < -0.3 is 0 Å². The van der Waals surface area contributed by atoms with Gasteiger partial charge in [-0.1, -0.05) is 56.2 Å². The van der Waals surface area contributed by atoms with Gasteiger partial charge in [-0.3, -0.25) is 19.2 Å². The number of hydrogen-bond acceptors (Lipinski definition) is 4. The molecule has 2 atom stereocenters. The zero-order valence-corrected chi connectivity index (χ0v) is 20.6. The van der Waals surface area contributed by atoms with Crippen LogP contribution in [0.4, 0.5) is 24.8 Å². The fraction of sp³-hybridized carbons (Fsp3) is 0.429. The van der Waals surface area contributed by atoms with Crippen LogP contribution >= 0.6 is 0 Å². The van der Waals surface area contributed by atoms with Gasteiger partial charge >= 0.3 is 6.18 Å². The summed E-state index contributed by atoms with van der Waals surface area (Å²) >= 11 is 0. The van der Waals surface area contributed by atoms with Crippen molar-refractivity contribution in [1.29, 1.82) is 0 Å². The molecule has 0 saturated heterocycles. The number of alkyl halides is 3. The molecule has 36 heavy (non-hydrogen) atoms. The van der Waals surface area contributed by atoms with Crippen LogP contribution < -0.4 is 10.5 Å². The molecule has 1 fully saturated rings. The van der Waals surface area contributed by atoms with E-state index in [4.69, 9.17) is 4.98 Å². The van der Waals surface area contributed by atoms with Gasteiger partial charge in [0.2, 0.25) is 5.95 Å². The Labute approximate surface area is 209 Å². The van der Waals surface area contributed by atoms with E-state index in [1.807, 2.05) is 30.3 Å². The van der Waals surface area contributed by atoms with Gasteiger partial charge in [-0.25, -0.2) is 4.98 Å². The Hall–Kier alpha value is -3.13. The van der Waals surface area contributed by atoms with Crippen LogP contribution in [0.5, 0.6) is 0 Å². The van der Waals surface area contributed by atoms with Crippen molar-refractivity contribution in [2.75, 3.05) is 11.6 Å². The number of fused-ring (bicyclic) bond motifs is 1. The summed E-state index contributed by atoms with van der Waals surface area (Å²) in [5, 5.41) is 0. The highest BCUT2D eigenvalue weighted by Gasteiger charge is 2.36. The lowest BCUT2D eigenvalue weighted by atomic mass is 9.85. The first-order valence-electron chi connectivity index (χ1n) is 12.6. The zero-order valence-electron chi connectivity index (χ0n) is 20.6. The van der Waals surface area contributed by atoms with Gasteiger partial charge in [-0.15, -0.1) is 0 Å². The second-order valence-electron chi connectivity index (χ2n) is 10.0. The van der Waals surface area contributed by atoms with Crippen molar-refractivity contribution in [3.63, 3.8) is 0 Å². The van der Waals surface area contributed by atoms with Gasteiger partial charge in [0, 0.05) is 23.7 Å². The predicted octanol–water partition coefficient (Wildman–Crippen LogP) is 6.11. The van der Waals surface area contributed by atoms with Crippen molar-refractivity contribution in [3.8, 4) is 0 Å². The Balaban J connectivity index is 1.61. The van der Waals surface area contributed by atoms with Crippen LogP contribution in [0.1, 0.15) is 55.0 Å². The number of benzene rings is 2. The van der Waals surface area contributed by atoms with E-state index in [1.165, 1.54) is 12.5 Å². The second-order valence-corrected chi connectivity index (χ2v) is 10.0. The maximum Gasteiger partial charge on any atom is 0.416 e. The molecule has 0 spiro atoms. The molecule has 2 aromatic carbocycles. The summed E-state index contributed by atoms with van der Waals surface area (Å²) in [4.78, 5) is 22.6. The van der Waals surface area contributed by atoms with E-state index in [0.29, 0.717) is 48.6 Å². The average molecular weight is 497 g/mol. The van der Waals surface area contributed by atoms with Gasteiger partial charge in [0.15, 0.2) is 0 Å². The van der Waals surface area contributed by atoms with E-state index in [0.717, 1.165) is 37.0 Å². The number of aromatic nitrogens is 2. The summed E-state index contributed by atoms with van der Waals surface area (Å²) in [5.74, 6) is 0.843. The van der Waals surface area contributed by atoms with Crippen LogP contribution in [0.25, 0.3) is 0 Å². The van der Waals surface area contributed by atoms with Crippen molar-refractivity contribution in [2.45, 2.75) is 64.8 Å². The van der Waals surface area contributed by atoms with E-state index in [9.17, 15) is 18.0 Å². The van der Waals surface area contributed by atoms with Gasteiger partial charge in [-0.2, -0.15) is 13.2 Å². The van der Waals surface area contributed by atoms with Crippen LogP contribution in [0.3, 0.4) is 0 Å². The molecule has 3 aromatic rings. The Morgan fingerprint density at radius 3 is 2.47 bits per heavy atom. The molecule has 1 aromatic heterocycles. The van der Waals surface area contributed by atoms with Crippen LogP contribution in [0, 0.1) is 12.8 Å². The van der Waals surface area contributed by atoms with Crippen molar-refractivity contribution in [3.05, 3.63) is 87.3 Å². The van der Waals surface area contributed by atoms with Crippen LogP contribution in [-0.4, -0.2) is 27.2 Å². The number of hydrogen-bond donors (Lipinski definition) is 0. The fourth-order valence-corrected chi connectivity index (χ4v) is 5.59. The SMILES string of the molecule is Cc1nc2n(c(=O)c1Cc1ccccc1)CN(C1CCCCC1C)CN2c1cccc(C(F)(F)F)c1. The minimum Gasteiger partial charge on any atom is -0.298 e. The third kappa shape index (κ3) is 4.78. The van der Waals surface area contributed by atoms with Crippen molar-refractivity contribution < 1.29 is 13.2 Å². The molecule has 1 aliphatic heterocycles. The first kappa shape index (κ1) is 24.6. The van der Waals surface area contributed by atoms with Crippen LogP contribution in [-0.2, 0) is 19.3 Å². The predicted molar refractivity (Wildman–Crippen MR) is 134 cm³/mol. The highest BCUT2D eigenvalue weighted by molar-refractivity contribution is 5.60. The zero-order chi connectivity index (χ0) is 25.4. The summed E-state index contributed by atoms with van der Waals surface area (Å²) < 4.78 is 42.3. The molecule has 2 unspecified atom stereocenters. The molecule has 1 saturated carbocycles. The van der Waals surface area contributed by atoms with Crippen molar-refractivity contribution in [1.82, 2.24) is 14.5 Å². The minimum absolute atomic E-state index is 0.133. The summed E-state index contributed by atoms with van der Waals surface area (Å²) in [6.45, 7) is 4.80. The fourth-order valence-electron chi connectivity index (χ4n) is 5.59. The van der Waals surface area contributed by atoms with E-state index >= 15 is 0 Å². The third-order valence-corrected chi connectivity index (χ3v) is 7.58. The molecule has 0 bridgehead atoms. The molecule has 5 nitrogen and oxygen atoms in total. The van der Waals surface area contributed by atoms with Gasteiger partial charge in [0.05, 0.1) is 24.6 Å². The molecule has 2 heterocycles. The number of rotatable bonds is 4. The summed E-state index contributed by atoms with van der Waals surface area (Å²) in [6, 6.07) is 15.3. The normalized spacial score (nSPS) is 20.9. The molecule has 8 heteroatoms. The molecule has 1 aliphatic carbocycles. The highest BCUT2D eigenvalue weighted by atomic mass is 19.4. The first-order chi connectivity index (χ1) is 17.2. The number of nitrogens with zero attached hydrogens (tertiary/aromatic N) is 4. The lowest BCUT2D eigenvalue weighted by Crippen LogP contribution is -2.53. The van der Waals surface area contributed by atoms with E-state index in [2.05, 4.69) is 11.8 Å². The molecular weight excluding hydrogens is 465 g/mol. The van der Waals surface area contributed by atoms with E-state index < -0.39 is 11.7 Å². The number of anilines is 2. The monoisotopic (exact) mass is 496 g/mol. The van der Waals surface area contributed by atoms with Crippen molar-refractivity contribution in [2.24, 2.45) is 5.92 Å². The first-order valence-corrected chi connectivity index (χ1v) is 12.6. The molecule has 2 aliphatic rings. The van der Waals surface area contributed by atoms with E-state index in [-0.39, 0.29) is 11.6 Å². The lowest BCUT2D eigenvalue weighted by Gasteiger charge is -2.45. The molecular formula is C28H31F3N4O. The standard InChI is InChI=1S/C28H31F3N4O/c1-19-9-6-7-14-25(19)33-17-34(23-13-8-12-22(16-23)28(29,30)31)27-32-20(2)24(26(36)35(27)18-33)15-21-10-4-3-5-11-21/h3-5,8,10-13,16,19,25H,6-7,9,14-15,17-18H2,1-2H3. The summed E-state index contributed by atoms with van der Waals surface area (Å²) in [5.41, 5.74) is 1.78. The largest absolute Gasteiger partial charge is 0.416 e. The average Bonchev–Trinajstić information content (AvgIpc) is 2.87.